The molecule has 0 aliphatic carbocycles. The number of rotatable bonds is 1. The quantitative estimate of drug-likeness (QED) is 0.776. The minimum absolute atomic E-state index is 0.587. The molecule has 1 aromatic carbocycles. The van der Waals surface area contributed by atoms with Gasteiger partial charge in [0.1, 0.15) is 17.3 Å². The van der Waals surface area contributed by atoms with E-state index in [-0.39, 0.29) is 0 Å². The molecule has 2 aromatic rings. The number of aromatic amines is 1. The molecular formula is C17H13BN2O4. The molecular weight excluding hydrogens is 307 g/mol. The summed E-state index contributed by atoms with van der Waals surface area (Å²) < 4.78 is 23.8. The van der Waals surface area contributed by atoms with Crippen molar-refractivity contribution < 1.29 is 23.6 Å². The van der Waals surface area contributed by atoms with Crippen LogP contribution < -0.4 is 14.3 Å². The Kier molecular flexibility index (Phi) is 2.64. The van der Waals surface area contributed by atoms with Gasteiger partial charge in [0.05, 0.1) is 5.69 Å². The largest absolute Gasteiger partial charge is 0.777 e. The van der Waals surface area contributed by atoms with Gasteiger partial charge in [0.2, 0.25) is 5.70 Å². The summed E-state index contributed by atoms with van der Waals surface area (Å²) in [6.45, 7) is -2.46. The van der Waals surface area contributed by atoms with E-state index in [4.69, 9.17) is 18.6 Å². The Balaban J connectivity index is 1.60. The summed E-state index contributed by atoms with van der Waals surface area (Å²) in [5.74, 6) is 2.36. The van der Waals surface area contributed by atoms with E-state index in [1.807, 2.05) is 61.0 Å². The first-order valence-corrected chi connectivity index (χ1v) is 7.65. The van der Waals surface area contributed by atoms with Gasteiger partial charge in [-0.1, -0.05) is 12.1 Å². The van der Waals surface area contributed by atoms with Gasteiger partial charge in [-0.05, 0) is 24.3 Å². The molecule has 3 aliphatic rings. The number of H-pyrrole nitrogens is 1. The van der Waals surface area contributed by atoms with Gasteiger partial charge in [0.15, 0.2) is 12.0 Å². The molecule has 24 heavy (non-hydrogen) atoms. The molecule has 0 atom stereocenters. The predicted octanol–water partition coefficient (Wildman–Crippen LogP) is 1.24. The number of benzene rings is 1. The molecule has 0 unspecified atom stereocenters. The van der Waals surface area contributed by atoms with Gasteiger partial charge in [-0.2, -0.15) is 0 Å². The van der Waals surface area contributed by atoms with Gasteiger partial charge in [-0.15, -0.1) is 0 Å². The van der Waals surface area contributed by atoms with Crippen LogP contribution >= 0.6 is 0 Å². The van der Waals surface area contributed by atoms with Gasteiger partial charge in [0, 0.05) is 24.4 Å². The average Bonchev–Trinajstić information content (AvgIpc) is 3.34. The van der Waals surface area contributed by atoms with Crippen LogP contribution in [0.15, 0.2) is 72.3 Å². The standard InChI is InChI=1S/C17H12BN2O4/c1-2-8-15-14(7-1)21-18(22-15)23-16(12-5-3-9-19-12)11-17(24-18)13-6-4-10-20-13/h1-11,19H/q-1/p+1/b17-13-. The van der Waals surface area contributed by atoms with E-state index in [0.717, 1.165) is 11.4 Å². The lowest BCUT2D eigenvalue weighted by atomic mass is 10.0. The highest BCUT2D eigenvalue weighted by Crippen LogP contribution is 2.42. The maximum Gasteiger partial charge on any atom is 0.777 e. The number of para-hydroxylation sites is 2. The molecule has 118 valence electrons. The molecule has 7 heteroatoms. The van der Waals surface area contributed by atoms with Gasteiger partial charge in [0.25, 0.3) is 0 Å². The molecule has 1 spiro atoms. The first-order chi connectivity index (χ1) is 11.8. The number of hydrogen-bond acceptors (Lipinski definition) is 4. The summed E-state index contributed by atoms with van der Waals surface area (Å²) in [6, 6.07) is 11.2. The highest BCUT2D eigenvalue weighted by molar-refractivity contribution is 6.58. The third-order valence-corrected chi connectivity index (χ3v) is 3.92. The molecule has 1 aromatic heterocycles. The van der Waals surface area contributed by atoms with Crippen LogP contribution in [0.4, 0.5) is 0 Å². The number of allylic oxidation sites excluding steroid dienone is 3. The van der Waals surface area contributed by atoms with E-state index in [0.29, 0.717) is 23.0 Å². The zero-order valence-electron chi connectivity index (χ0n) is 12.6. The lowest BCUT2D eigenvalue weighted by Gasteiger charge is -2.39. The Bertz CT molecular complexity index is 889. The van der Waals surface area contributed by atoms with Crippen molar-refractivity contribution in [3.8, 4) is 11.5 Å². The van der Waals surface area contributed by atoms with E-state index in [9.17, 15) is 0 Å². The van der Waals surface area contributed by atoms with E-state index in [1.165, 1.54) is 0 Å². The van der Waals surface area contributed by atoms with Crippen molar-refractivity contribution in [1.29, 1.82) is 0 Å². The first-order valence-electron chi connectivity index (χ1n) is 7.65. The molecule has 3 aliphatic heterocycles. The lowest BCUT2D eigenvalue weighted by molar-refractivity contribution is -0.383. The van der Waals surface area contributed by atoms with Gasteiger partial charge >= 0.3 is 6.96 Å². The molecule has 4 heterocycles. The highest BCUT2D eigenvalue weighted by atomic mass is 16.9. The van der Waals surface area contributed by atoms with Crippen LogP contribution in [-0.4, -0.2) is 18.2 Å². The molecule has 0 radical (unpaired) electrons. The summed E-state index contributed by atoms with van der Waals surface area (Å²) in [5, 5.41) is 0. The summed E-state index contributed by atoms with van der Waals surface area (Å²) in [6.07, 6.45) is 9.27. The van der Waals surface area contributed by atoms with Crippen LogP contribution in [0.5, 0.6) is 11.5 Å². The van der Waals surface area contributed by atoms with Crippen molar-refractivity contribution in [1.82, 2.24) is 4.98 Å². The van der Waals surface area contributed by atoms with Crippen LogP contribution in [0.3, 0.4) is 0 Å². The topological polar surface area (TPSA) is 66.7 Å². The zero-order valence-corrected chi connectivity index (χ0v) is 12.6. The molecule has 0 fully saturated rings. The zero-order chi connectivity index (χ0) is 16.0. The fourth-order valence-electron chi connectivity index (χ4n) is 2.85. The Morgan fingerprint density at radius 1 is 0.917 bits per heavy atom. The summed E-state index contributed by atoms with van der Waals surface area (Å²) in [4.78, 5) is 6.25. The molecule has 0 bridgehead atoms. The van der Waals surface area contributed by atoms with Crippen LogP contribution in [0.1, 0.15) is 5.69 Å². The molecule has 6 nitrogen and oxygen atoms in total. The maximum atomic E-state index is 5.98. The summed E-state index contributed by atoms with van der Waals surface area (Å²) in [5.41, 5.74) is 1.62. The second-order valence-corrected chi connectivity index (χ2v) is 5.54. The van der Waals surface area contributed by atoms with Crippen molar-refractivity contribution >= 4 is 18.9 Å². The Morgan fingerprint density at radius 2 is 1.75 bits per heavy atom. The minimum atomic E-state index is -2.46. The van der Waals surface area contributed by atoms with Crippen LogP contribution in [0.2, 0.25) is 0 Å². The average molecular weight is 320 g/mol. The molecule has 0 amide bonds. The van der Waals surface area contributed by atoms with Crippen molar-refractivity contribution in [3.05, 3.63) is 78.0 Å². The highest BCUT2D eigenvalue weighted by Gasteiger charge is 2.51. The first kappa shape index (κ1) is 13.1. The second kappa shape index (κ2) is 4.82. The third-order valence-electron chi connectivity index (χ3n) is 3.92. The van der Waals surface area contributed by atoms with Crippen molar-refractivity contribution in [2.24, 2.45) is 0 Å². The minimum Gasteiger partial charge on any atom is -0.610 e. The van der Waals surface area contributed by atoms with E-state index >= 15 is 0 Å². The lowest BCUT2D eigenvalue weighted by Crippen LogP contribution is -2.65. The van der Waals surface area contributed by atoms with Crippen molar-refractivity contribution in [3.63, 3.8) is 0 Å². The molecule has 5 rings (SSSR count). The Morgan fingerprint density at radius 3 is 2.42 bits per heavy atom. The fourth-order valence-corrected chi connectivity index (χ4v) is 2.85. The van der Waals surface area contributed by atoms with Crippen LogP contribution in [-0.2, 0) is 9.31 Å². The normalized spacial score (nSPS) is 22.4. The Labute approximate surface area is 137 Å². The van der Waals surface area contributed by atoms with E-state index < -0.39 is 6.96 Å². The number of aromatic nitrogens is 1. The fraction of sp³-hybridized carbons (Fsp3) is 0. The second-order valence-electron chi connectivity index (χ2n) is 5.54. The maximum absolute atomic E-state index is 5.98. The van der Waals surface area contributed by atoms with Crippen LogP contribution in [0.25, 0.3) is 5.76 Å². The summed E-state index contributed by atoms with van der Waals surface area (Å²) in [7, 11) is 0. The van der Waals surface area contributed by atoms with Gasteiger partial charge < -0.3 is 23.6 Å². The molecule has 0 saturated heterocycles. The number of nitrogens with one attached hydrogen (secondary N) is 2. The molecule has 2 N–H and O–H groups in total. The molecule has 0 saturated carbocycles. The number of fused-ring (bicyclic) bond motifs is 1. The van der Waals surface area contributed by atoms with Gasteiger partial charge in [-0.25, -0.2) is 4.99 Å². The third kappa shape index (κ3) is 2.02. The van der Waals surface area contributed by atoms with Crippen molar-refractivity contribution in [2.45, 2.75) is 0 Å². The van der Waals surface area contributed by atoms with Crippen molar-refractivity contribution in [2.75, 3.05) is 0 Å². The summed E-state index contributed by atoms with van der Waals surface area (Å²) >= 11 is 0. The van der Waals surface area contributed by atoms with E-state index in [2.05, 4.69) is 9.98 Å². The predicted molar refractivity (Wildman–Crippen MR) is 87.6 cm³/mol. The van der Waals surface area contributed by atoms with Gasteiger partial charge in [-0.3, -0.25) is 0 Å². The van der Waals surface area contributed by atoms with E-state index in [1.54, 1.807) is 6.08 Å². The SMILES string of the molecule is C1=C/C(=C2\C=C(c3ccc[nH]3)O[B-]3(O2)Oc2ccccc2O3)[NH+]=C1. The number of hydrogen-bond donors (Lipinski definition) is 2. The smallest absolute Gasteiger partial charge is 0.610 e. The Hall–Kier alpha value is -3.35. The van der Waals surface area contributed by atoms with Crippen LogP contribution in [0, 0.1) is 0 Å². The monoisotopic (exact) mass is 320 g/mol.